The van der Waals surface area contributed by atoms with Crippen LogP contribution in [0, 0.1) is 11.8 Å². The van der Waals surface area contributed by atoms with E-state index in [0.717, 1.165) is 24.5 Å². The van der Waals surface area contributed by atoms with Gasteiger partial charge in [0.15, 0.2) is 0 Å². The van der Waals surface area contributed by atoms with Gasteiger partial charge < -0.3 is 5.11 Å². The maximum atomic E-state index is 10.5. The minimum absolute atomic E-state index is 0.653. The molecule has 0 aliphatic carbocycles. The highest BCUT2D eigenvalue weighted by Crippen LogP contribution is 2.20. The number of thiophene rings is 1. The van der Waals surface area contributed by atoms with Gasteiger partial charge in [-0.2, -0.15) is 0 Å². The Hall–Kier alpha value is -1.13. The Morgan fingerprint density at radius 2 is 1.85 bits per heavy atom. The predicted octanol–water partition coefficient (Wildman–Crippen LogP) is 3.96. The topological polar surface area (TPSA) is 40.5 Å². The molecule has 0 unspecified atom stereocenters. The van der Waals surface area contributed by atoms with E-state index < -0.39 is 5.97 Å². The van der Waals surface area contributed by atoms with Gasteiger partial charge in [-0.1, -0.05) is 27.7 Å². The standard InChI is InChI=1S/C16H25NO2S/c1-12(2)9-17(10-13(3)4)11-15-6-5-14(20-15)7-8-16(18)19/h5-8,12-13H,9-11H2,1-4H3,(H,18,19). The number of hydrogen-bond acceptors (Lipinski definition) is 3. The van der Waals surface area contributed by atoms with Crippen LogP contribution in [0.4, 0.5) is 0 Å². The molecule has 4 heteroatoms. The first kappa shape index (κ1) is 16.9. The summed E-state index contributed by atoms with van der Waals surface area (Å²) in [6.45, 7) is 12.1. The van der Waals surface area contributed by atoms with E-state index in [4.69, 9.17) is 5.11 Å². The Balaban J connectivity index is 2.66. The first-order valence-electron chi connectivity index (χ1n) is 7.09. The largest absolute Gasteiger partial charge is 0.478 e. The summed E-state index contributed by atoms with van der Waals surface area (Å²) in [4.78, 5) is 15.3. The van der Waals surface area contributed by atoms with Crippen LogP contribution in [0.3, 0.4) is 0 Å². The molecule has 1 N–H and O–H groups in total. The van der Waals surface area contributed by atoms with Crippen LogP contribution in [0.2, 0.25) is 0 Å². The van der Waals surface area contributed by atoms with Gasteiger partial charge >= 0.3 is 5.97 Å². The fourth-order valence-electron chi connectivity index (χ4n) is 2.18. The number of aliphatic carboxylic acids is 1. The van der Waals surface area contributed by atoms with Gasteiger partial charge in [0, 0.05) is 35.5 Å². The van der Waals surface area contributed by atoms with Crippen LogP contribution in [0.25, 0.3) is 6.08 Å². The lowest BCUT2D eigenvalue weighted by atomic mass is 10.1. The summed E-state index contributed by atoms with van der Waals surface area (Å²) in [6, 6.07) is 4.09. The summed E-state index contributed by atoms with van der Waals surface area (Å²) < 4.78 is 0. The van der Waals surface area contributed by atoms with Crippen molar-refractivity contribution in [1.29, 1.82) is 0 Å². The zero-order chi connectivity index (χ0) is 15.1. The van der Waals surface area contributed by atoms with Crippen molar-refractivity contribution in [1.82, 2.24) is 4.90 Å². The first-order valence-corrected chi connectivity index (χ1v) is 7.90. The molecule has 0 aliphatic rings. The van der Waals surface area contributed by atoms with Crippen LogP contribution in [0.1, 0.15) is 37.4 Å². The monoisotopic (exact) mass is 295 g/mol. The van der Waals surface area contributed by atoms with Gasteiger partial charge in [0.2, 0.25) is 0 Å². The fraction of sp³-hybridized carbons (Fsp3) is 0.562. The van der Waals surface area contributed by atoms with Crippen LogP contribution in [-0.4, -0.2) is 29.1 Å². The van der Waals surface area contributed by atoms with E-state index in [-0.39, 0.29) is 0 Å². The highest BCUT2D eigenvalue weighted by molar-refractivity contribution is 7.12. The molecule has 0 amide bonds. The van der Waals surface area contributed by atoms with Crippen molar-refractivity contribution in [2.45, 2.75) is 34.2 Å². The van der Waals surface area contributed by atoms with Crippen LogP contribution in [0.5, 0.6) is 0 Å². The third kappa shape index (κ3) is 6.87. The molecule has 0 saturated carbocycles. The van der Waals surface area contributed by atoms with Crippen LogP contribution >= 0.6 is 11.3 Å². The van der Waals surface area contributed by atoms with Gasteiger partial charge in [-0.05, 0) is 30.0 Å². The van der Waals surface area contributed by atoms with Crippen molar-refractivity contribution >= 4 is 23.4 Å². The second-order valence-electron chi connectivity index (χ2n) is 5.96. The van der Waals surface area contributed by atoms with Gasteiger partial charge in [-0.25, -0.2) is 4.79 Å². The summed E-state index contributed by atoms with van der Waals surface area (Å²) >= 11 is 1.67. The van der Waals surface area contributed by atoms with Gasteiger partial charge in [-0.3, -0.25) is 4.90 Å². The molecule has 20 heavy (non-hydrogen) atoms. The molecule has 1 rings (SSSR count). The molecule has 0 saturated heterocycles. The van der Waals surface area contributed by atoms with E-state index in [1.807, 2.05) is 6.07 Å². The quantitative estimate of drug-likeness (QED) is 0.738. The third-order valence-corrected chi connectivity index (χ3v) is 3.73. The normalized spacial score (nSPS) is 12.2. The van der Waals surface area contributed by atoms with Crippen molar-refractivity contribution in [3.05, 3.63) is 28.0 Å². The van der Waals surface area contributed by atoms with Crippen molar-refractivity contribution in [2.24, 2.45) is 11.8 Å². The molecule has 0 spiro atoms. The third-order valence-electron chi connectivity index (χ3n) is 2.70. The van der Waals surface area contributed by atoms with E-state index in [1.54, 1.807) is 17.4 Å². The van der Waals surface area contributed by atoms with E-state index >= 15 is 0 Å². The van der Waals surface area contributed by atoms with Gasteiger partial charge in [-0.15, -0.1) is 11.3 Å². The Labute approximate surface area is 125 Å². The van der Waals surface area contributed by atoms with Crippen LogP contribution in [-0.2, 0) is 11.3 Å². The fourth-order valence-corrected chi connectivity index (χ4v) is 3.14. The number of carboxylic acids is 1. The van der Waals surface area contributed by atoms with Crippen LogP contribution in [0.15, 0.2) is 18.2 Å². The number of carbonyl (C=O) groups is 1. The molecule has 0 atom stereocenters. The molecule has 0 radical (unpaired) electrons. The van der Waals surface area contributed by atoms with Gasteiger partial charge in [0.25, 0.3) is 0 Å². The molecule has 0 bridgehead atoms. The smallest absolute Gasteiger partial charge is 0.328 e. The lowest BCUT2D eigenvalue weighted by Crippen LogP contribution is -2.30. The minimum Gasteiger partial charge on any atom is -0.478 e. The van der Waals surface area contributed by atoms with Crippen molar-refractivity contribution < 1.29 is 9.90 Å². The Morgan fingerprint density at radius 3 is 2.35 bits per heavy atom. The molecular formula is C16H25NO2S. The molecule has 0 aromatic carbocycles. The summed E-state index contributed by atoms with van der Waals surface area (Å²) in [6.07, 6.45) is 2.85. The Kier molecular flexibility index (Phi) is 6.96. The predicted molar refractivity (Wildman–Crippen MR) is 85.9 cm³/mol. The molecular weight excluding hydrogens is 270 g/mol. The molecule has 0 aliphatic heterocycles. The lowest BCUT2D eigenvalue weighted by molar-refractivity contribution is -0.131. The molecule has 1 aromatic heterocycles. The van der Waals surface area contributed by atoms with E-state index in [2.05, 4.69) is 38.7 Å². The van der Waals surface area contributed by atoms with Crippen molar-refractivity contribution in [2.75, 3.05) is 13.1 Å². The van der Waals surface area contributed by atoms with E-state index in [1.165, 1.54) is 11.0 Å². The molecule has 112 valence electrons. The highest BCUT2D eigenvalue weighted by Gasteiger charge is 2.11. The number of rotatable bonds is 8. The second-order valence-corrected chi connectivity index (χ2v) is 7.16. The zero-order valence-electron chi connectivity index (χ0n) is 12.8. The minimum atomic E-state index is -0.902. The van der Waals surface area contributed by atoms with Crippen LogP contribution < -0.4 is 0 Å². The van der Waals surface area contributed by atoms with Crippen molar-refractivity contribution in [3.8, 4) is 0 Å². The average Bonchev–Trinajstić information content (AvgIpc) is 2.72. The first-order chi connectivity index (χ1) is 9.36. The molecule has 1 heterocycles. The number of carboxylic acid groups (broad SMARTS) is 1. The molecule has 3 nitrogen and oxygen atoms in total. The Morgan fingerprint density at radius 1 is 1.25 bits per heavy atom. The van der Waals surface area contributed by atoms with E-state index in [0.29, 0.717) is 11.8 Å². The maximum absolute atomic E-state index is 10.5. The summed E-state index contributed by atoms with van der Waals surface area (Å²) in [7, 11) is 0. The van der Waals surface area contributed by atoms with Gasteiger partial charge in [0.1, 0.15) is 0 Å². The summed E-state index contributed by atoms with van der Waals surface area (Å²) in [5.41, 5.74) is 0. The Bertz CT molecular complexity index is 439. The average molecular weight is 295 g/mol. The maximum Gasteiger partial charge on any atom is 0.328 e. The molecule has 1 aromatic rings. The SMILES string of the molecule is CC(C)CN(Cc1ccc(C=CC(=O)O)s1)CC(C)C. The highest BCUT2D eigenvalue weighted by atomic mass is 32.1. The second kappa shape index (κ2) is 8.22. The number of nitrogens with zero attached hydrogens (tertiary/aromatic N) is 1. The van der Waals surface area contributed by atoms with Crippen molar-refractivity contribution in [3.63, 3.8) is 0 Å². The summed E-state index contributed by atoms with van der Waals surface area (Å²) in [5.74, 6) is 0.404. The lowest BCUT2D eigenvalue weighted by Gasteiger charge is -2.25. The van der Waals surface area contributed by atoms with Gasteiger partial charge in [0.05, 0.1) is 0 Å². The summed E-state index contributed by atoms with van der Waals surface area (Å²) in [5, 5.41) is 8.63. The number of hydrogen-bond donors (Lipinski definition) is 1. The molecule has 0 fully saturated rings. The van der Waals surface area contributed by atoms with E-state index in [9.17, 15) is 4.79 Å². The zero-order valence-corrected chi connectivity index (χ0v) is 13.6.